The van der Waals surface area contributed by atoms with E-state index in [2.05, 4.69) is 170 Å². The van der Waals surface area contributed by atoms with Crippen LogP contribution in [-0.2, 0) is 5.41 Å². The number of benzene rings is 7. The third kappa shape index (κ3) is 4.88. The van der Waals surface area contributed by atoms with Gasteiger partial charge in [0.15, 0.2) is 5.82 Å². The molecule has 0 N–H and O–H groups in total. The Labute approximate surface area is 321 Å². The Morgan fingerprint density at radius 3 is 1.53 bits per heavy atom. The van der Waals surface area contributed by atoms with Gasteiger partial charge >= 0.3 is 0 Å². The van der Waals surface area contributed by atoms with Gasteiger partial charge in [0.05, 0.1) is 16.8 Å². The summed E-state index contributed by atoms with van der Waals surface area (Å²) in [6, 6.07) is 68.0. The van der Waals surface area contributed by atoms with E-state index in [1.807, 2.05) is 24.3 Å². The van der Waals surface area contributed by atoms with Gasteiger partial charge in [-0.2, -0.15) is 0 Å². The van der Waals surface area contributed by atoms with Gasteiger partial charge in [-0.3, -0.25) is 0 Å². The molecule has 0 saturated heterocycles. The lowest BCUT2D eigenvalue weighted by molar-refractivity contribution is 0.715. The maximum Gasteiger partial charge on any atom is 0.160 e. The smallest absolute Gasteiger partial charge is 0.160 e. The van der Waals surface area contributed by atoms with Crippen LogP contribution in [0.5, 0.6) is 0 Å². The fraction of sp³-hybridized carbons (Fsp3) is 0.0566. The summed E-state index contributed by atoms with van der Waals surface area (Å²) >= 11 is 0. The quantitative estimate of drug-likeness (QED) is 0.179. The average Bonchev–Trinajstić information content (AvgIpc) is 3.75. The van der Waals surface area contributed by atoms with Crippen LogP contribution in [0, 0.1) is 0 Å². The topological polar surface area (TPSA) is 25.8 Å². The minimum absolute atomic E-state index is 0.270. The van der Waals surface area contributed by atoms with E-state index in [1.165, 1.54) is 66.8 Å². The molecule has 0 atom stereocenters. The molecule has 7 aromatic carbocycles. The molecule has 3 aliphatic carbocycles. The van der Waals surface area contributed by atoms with Crippen LogP contribution in [0.3, 0.4) is 0 Å². The molecule has 0 amide bonds. The zero-order valence-electron chi connectivity index (χ0n) is 30.3. The van der Waals surface area contributed by atoms with E-state index in [1.54, 1.807) is 0 Å². The Morgan fingerprint density at radius 2 is 0.873 bits per heavy atom. The van der Waals surface area contributed by atoms with Crippen LogP contribution >= 0.6 is 0 Å². The predicted octanol–water partition coefficient (Wildman–Crippen LogP) is 13.1. The van der Waals surface area contributed by atoms with E-state index in [0.29, 0.717) is 0 Å². The van der Waals surface area contributed by atoms with Gasteiger partial charge in [0, 0.05) is 16.7 Å². The van der Waals surface area contributed by atoms with E-state index < -0.39 is 0 Å². The predicted molar refractivity (Wildman–Crippen MR) is 226 cm³/mol. The zero-order valence-corrected chi connectivity index (χ0v) is 30.3. The Hall–Kier alpha value is -6.90. The Kier molecular flexibility index (Phi) is 7.25. The fourth-order valence-electron chi connectivity index (χ4n) is 9.50. The summed E-state index contributed by atoms with van der Waals surface area (Å²) in [6.45, 7) is 0. The molecule has 0 unspecified atom stereocenters. The van der Waals surface area contributed by atoms with E-state index >= 15 is 0 Å². The third-order valence-electron chi connectivity index (χ3n) is 11.8. The summed E-state index contributed by atoms with van der Waals surface area (Å²) in [5, 5.41) is 0. The van der Waals surface area contributed by atoms with Crippen LogP contribution in [0.15, 0.2) is 200 Å². The summed E-state index contributed by atoms with van der Waals surface area (Å²) in [6.07, 6.45) is 4.54. The first-order valence-corrected chi connectivity index (χ1v) is 19.2. The molecule has 0 radical (unpaired) electrons. The summed E-state index contributed by atoms with van der Waals surface area (Å²) in [4.78, 5) is 10.0. The van der Waals surface area contributed by atoms with Gasteiger partial charge in [0.1, 0.15) is 0 Å². The number of rotatable bonds is 5. The van der Waals surface area contributed by atoms with Crippen molar-refractivity contribution in [2.45, 2.75) is 18.3 Å². The monoisotopic (exact) mass is 700 g/mol. The van der Waals surface area contributed by atoms with Crippen LogP contribution in [-0.4, -0.2) is 9.97 Å². The Morgan fingerprint density at radius 1 is 0.382 bits per heavy atom. The third-order valence-corrected chi connectivity index (χ3v) is 11.8. The summed E-state index contributed by atoms with van der Waals surface area (Å²) in [5.41, 5.74) is 20.9. The highest BCUT2D eigenvalue weighted by atomic mass is 14.9. The number of hydrogen-bond donors (Lipinski definition) is 0. The van der Waals surface area contributed by atoms with Gasteiger partial charge < -0.3 is 0 Å². The summed E-state index contributed by atoms with van der Waals surface area (Å²) < 4.78 is 0. The first kappa shape index (κ1) is 31.6. The standard InChI is InChI=1S/C53H36N2/c1-3-15-36(16-4-1)49-34-50(55-52(54-49)38-17-5-2-6-18-38)37-31-29-35(30-32-37)39-19-13-20-40(33-39)41-24-14-28-48-51(41)44-23-9-12-27-47(44)53(48)45-25-10-7-21-42(45)43-22-8-11-26-46(43)53/h1-13,15-27,29-34H,14,28H2. The van der Waals surface area contributed by atoms with Gasteiger partial charge in [-0.1, -0.05) is 182 Å². The molecule has 0 saturated carbocycles. The number of allylic oxidation sites excluding steroid dienone is 4. The Balaban J connectivity index is 0.990. The molecular weight excluding hydrogens is 665 g/mol. The van der Waals surface area contributed by atoms with E-state index in [4.69, 9.17) is 9.97 Å². The van der Waals surface area contributed by atoms with Crippen molar-refractivity contribution < 1.29 is 0 Å². The van der Waals surface area contributed by atoms with Crippen molar-refractivity contribution in [2.75, 3.05) is 0 Å². The highest BCUT2D eigenvalue weighted by Gasteiger charge is 2.53. The lowest BCUT2D eigenvalue weighted by Crippen LogP contribution is -2.27. The number of hydrogen-bond acceptors (Lipinski definition) is 2. The molecule has 1 spiro atoms. The lowest BCUT2D eigenvalue weighted by atomic mass is 9.67. The molecule has 11 rings (SSSR count). The SMILES string of the molecule is C1=C(c2cccc(-c3ccc(-c4cc(-c5ccccc5)nc(-c5ccccc5)n4)cc3)c2)C2=C(CC1)C1(c3ccccc32)c2ccccc2-c2ccccc21. The first-order chi connectivity index (χ1) is 27.3. The second kappa shape index (κ2) is 12.6. The lowest BCUT2D eigenvalue weighted by Gasteiger charge is -2.33. The number of aromatic nitrogens is 2. The minimum atomic E-state index is -0.270. The van der Waals surface area contributed by atoms with Crippen LogP contribution in [0.1, 0.15) is 40.7 Å². The van der Waals surface area contributed by atoms with Crippen molar-refractivity contribution in [1.82, 2.24) is 9.97 Å². The molecule has 258 valence electrons. The minimum Gasteiger partial charge on any atom is -0.228 e. The molecule has 3 aliphatic rings. The van der Waals surface area contributed by atoms with Gasteiger partial charge in [-0.05, 0) is 91.8 Å². The number of nitrogens with zero attached hydrogens (tertiary/aromatic N) is 2. The van der Waals surface area contributed by atoms with Gasteiger partial charge in [0.2, 0.25) is 0 Å². The molecule has 1 aromatic heterocycles. The molecule has 55 heavy (non-hydrogen) atoms. The maximum absolute atomic E-state index is 5.06. The summed E-state index contributed by atoms with van der Waals surface area (Å²) in [7, 11) is 0. The van der Waals surface area contributed by atoms with Crippen molar-refractivity contribution >= 4 is 11.1 Å². The van der Waals surface area contributed by atoms with Gasteiger partial charge in [0.25, 0.3) is 0 Å². The van der Waals surface area contributed by atoms with Crippen molar-refractivity contribution in [1.29, 1.82) is 0 Å². The van der Waals surface area contributed by atoms with Crippen molar-refractivity contribution in [3.8, 4) is 56.2 Å². The second-order valence-corrected chi connectivity index (χ2v) is 14.7. The fourth-order valence-corrected chi connectivity index (χ4v) is 9.50. The molecule has 8 aromatic rings. The van der Waals surface area contributed by atoms with Crippen LogP contribution in [0.2, 0.25) is 0 Å². The van der Waals surface area contributed by atoms with Crippen LogP contribution in [0.25, 0.3) is 67.3 Å². The highest BCUT2D eigenvalue weighted by Crippen LogP contribution is 2.65. The number of fused-ring (bicyclic) bond motifs is 9. The first-order valence-electron chi connectivity index (χ1n) is 19.2. The zero-order chi connectivity index (χ0) is 36.3. The van der Waals surface area contributed by atoms with Crippen molar-refractivity contribution in [2.24, 2.45) is 0 Å². The van der Waals surface area contributed by atoms with E-state index in [-0.39, 0.29) is 5.41 Å². The molecule has 0 bridgehead atoms. The second-order valence-electron chi connectivity index (χ2n) is 14.7. The maximum atomic E-state index is 5.06. The molecule has 1 heterocycles. The van der Waals surface area contributed by atoms with E-state index in [0.717, 1.165) is 46.7 Å². The summed E-state index contributed by atoms with van der Waals surface area (Å²) in [5.74, 6) is 0.725. The van der Waals surface area contributed by atoms with Gasteiger partial charge in [-0.15, -0.1) is 0 Å². The van der Waals surface area contributed by atoms with Crippen LogP contribution < -0.4 is 0 Å². The molecule has 0 aliphatic heterocycles. The molecule has 2 nitrogen and oxygen atoms in total. The van der Waals surface area contributed by atoms with Crippen molar-refractivity contribution in [3.05, 3.63) is 228 Å². The van der Waals surface area contributed by atoms with E-state index in [9.17, 15) is 0 Å². The molecular formula is C53H36N2. The average molecular weight is 701 g/mol. The largest absolute Gasteiger partial charge is 0.228 e. The Bertz CT molecular complexity index is 2740. The van der Waals surface area contributed by atoms with Crippen molar-refractivity contribution in [3.63, 3.8) is 0 Å². The molecule has 0 fully saturated rings. The highest BCUT2D eigenvalue weighted by molar-refractivity contribution is 6.13. The molecule has 2 heteroatoms. The normalized spacial score (nSPS) is 14.6. The van der Waals surface area contributed by atoms with Crippen LogP contribution in [0.4, 0.5) is 0 Å². The van der Waals surface area contributed by atoms with Gasteiger partial charge in [-0.25, -0.2) is 9.97 Å².